The summed E-state index contributed by atoms with van der Waals surface area (Å²) in [7, 11) is 0. The Hall–Kier alpha value is -2.37. The summed E-state index contributed by atoms with van der Waals surface area (Å²) in [4.78, 5) is 31.5. The average Bonchev–Trinajstić information content (AvgIpc) is 2.93. The fourth-order valence-corrected chi connectivity index (χ4v) is 3.73. The summed E-state index contributed by atoms with van der Waals surface area (Å²) in [6.07, 6.45) is 5.01. The highest BCUT2D eigenvalue weighted by atomic mass is 16.2. The third kappa shape index (κ3) is 5.12. The highest BCUT2D eigenvalue weighted by molar-refractivity contribution is 6.06. The van der Waals surface area contributed by atoms with Crippen molar-refractivity contribution < 1.29 is 9.59 Å². The van der Waals surface area contributed by atoms with Crippen LogP contribution in [0.15, 0.2) is 35.3 Å². The van der Waals surface area contributed by atoms with Gasteiger partial charge in [0.05, 0.1) is 5.92 Å². The lowest BCUT2D eigenvalue weighted by molar-refractivity contribution is -0.131. The van der Waals surface area contributed by atoms with Crippen molar-refractivity contribution in [3.8, 4) is 0 Å². The van der Waals surface area contributed by atoms with Crippen molar-refractivity contribution in [3.05, 3.63) is 35.9 Å². The van der Waals surface area contributed by atoms with E-state index >= 15 is 0 Å². The van der Waals surface area contributed by atoms with E-state index < -0.39 is 5.54 Å². The summed E-state index contributed by atoms with van der Waals surface area (Å²) in [6.45, 7) is 7.06. The van der Waals surface area contributed by atoms with Gasteiger partial charge >= 0.3 is 0 Å². The number of carbonyl (C=O) groups excluding carboxylic acids is 2. The highest BCUT2D eigenvalue weighted by Gasteiger charge is 2.46. The van der Waals surface area contributed by atoms with Crippen LogP contribution < -0.4 is 11.1 Å². The molecule has 0 aromatic heterocycles. The van der Waals surface area contributed by atoms with Gasteiger partial charge in [-0.1, -0.05) is 63.4 Å². The first-order valence-electron chi connectivity index (χ1n) is 10.4. The molecule has 2 unspecified atom stereocenters. The quantitative estimate of drug-likeness (QED) is 0.573. The lowest BCUT2D eigenvalue weighted by Crippen LogP contribution is -2.45. The SMILES string of the molecule is CCCCC1(CCC)N=C(N)N(CCCNC(=O)C(C)c2ccccc2)C1=O. The molecule has 2 atom stereocenters. The molecule has 0 aliphatic carbocycles. The zero-order valence-electron chi connectivity index (χ0n) is 17.4. The van der Waals surface area contributed by atoms with Crippen LogP contribution in [-0.4, -0.2) is 41.3 Å². The molecular weight excluding hydrogens is 352 g/mol. The topological polar surface area (TPSA) is 87.8 Å². The summed E-state index contributed by atoms with van der Waals surface area (Å²) in [5, 5.41) is 2.96. The predicted octanol–water partition coefficient (Wildman–Crippen LogP) is 3.18. The Bertz CT molecular complexity index is 689. The van der Waals surface area contributed by atoms with Crippen molar-refractivity contribution in [2.75, 3.05) is 13.1 Å². The van der Waals surface area contributed by atoms with Gasteiger partial charge in [0.15, 0.2) is 5.96 Å². The van der Waals surface area contributed by atoms with Gasteiger partial charge in [-0.15, -0.1) is 0 Å². The minimum absolute atomic E-state index is 0.0103. The molecule has 0 fully saturated rings. The van der Waals surface area contributed by atoms with Gasteiger partial charge in [-0.3, -0.25) is 14.5 Å². The average molecular weight is 387 g/mol. The van der Waals surface area contributed by atoms with Crippen LogP contribution in [0.1, 0.15) is 70.8 Å². The summed E-state index contributed by atoms with van der Waals surface area (Å²) >= 11 is 0. The van der Waals surface area contributed by atoms with Crippen LogP contribution in [0.3, 0.4) is 0 Å². The van der Waals surface area contributed by atoms with Gasteiger partial charge in [-0.05, 0) is 31.7 Å². The molecule has 0 saturated heterocycles. The van der Waals surface area contributed by atoms with E-state index in [0.29, 0.717) is 25.5 Å². The zero-order valence-corrected chi connectivity index (χ0v) is 17.4. The molecule has 154 valence electrons. The normalized spacial score (nSPS) is 20.2. The van der Waals surface area contributed by atoms with E-state index in [9.17, 15) is 9.59 Å². The summed E-state index contributed by atoms with van der Waals surface area (Å²) < 4.78 is 0. The van der Waals surface area contributed by atoms with Crippen LogP contribution in [0.2, 0.25) is 0 Å². The molecule has 0 bridgehead atoms. The minimum atomic E-state index is -0.681. The Labute approximate surface area is 168 Å². The third-order valence-electron chi connectivity index (χ3n) is 5.41. The van der Waals surface area contributed by atoms with Gasteiger partial charge in [0.1, 0.15) is 5.54 Å². The summed E-state index contributed by atoms with van der Waals surface area (Å²) in [5.41, 5.74) is 6.39. The second kappa shape index (κ2) is 10.2. The number of rotatable bonds is 11. The van der Waals surface area contributed by atoms with E-state index in [1.807, 2.05) is 37.3 Å². The molecule has 2 rings (SSSR count). The largest absolute Gasteiger partial charge is 0.369 e. The van der Waals surface area contributed by atoms with E-state index in [0.717, 1.165) is 37.7 Å². The Balaban J connectivity index is 1.85. The smallest absolute Gasteiger partial charge is 0.257 e. The molecule has 3 N–H and O–H groups in total. The van der Waals surface area contributed by atoms with Gasteiger partial charge in [-0.2, -0.15) is 0 Å². The molecule has 2 amide bonds. The molecule has 1 aliphatic heterocycles. The monoisotopic (exact) mass is 386 g/mol. The number of hydrogen-bond acceptors (Lipinski definition) is 4. The molecule has 0 saturated carbocycles. The first kappa shape index (κ1) is 21.9. The lowest BCUT2D eigenvalue weighted by Gasteiger charge is -2.25. The van der Waals surface area contributed by atoms with Crippen molar-refractivity contribution in [2.24, 2.45) is 10.7 Å². The van der Waals surface area contributed by atoms with E-state index in [1.54, 1.807) is 4.90 Å². The second-order valence-corrected chi connectivity index (χ2v) is 7.59. The number of nitrogens with two attached hydrogens (primary N) is 1. The molecule has 1 aliphatic rings. The van der Waals surface area contributed by atoms with Gasteiger partial charge in [0.25, 0.3) is 5.91 Å². The number of nitrogens with one attached hydrogen (secondary N) is 1. The Morgan fingerprint density at radius 3 is 2.54 bits per heavy atom. The Kier molecular flexibility index (Phi) is 8.03. The number of hydrogen-bond donors (Lipinski definition) is 2. The third-order valence-corrected chi connectivity index (χ3v) is 5.41. The fraction of sp³-hybridized carbons (Fsp3) is 0.591. The van der Waals surface area contributed by atoms with Crippen LogP contribution >= 0.6 is 0 Å². The van der Waals surface area contributed by atoms with Crippen molar-refractivity contribution >= 4 is 17.8 Å². The van der Waals surface area contributed by atoms with E-state index in [-0.39, 0.29) is 17.7 Å². The molecular formula is C22H34N4O2. The number of amides is 2. The Morgan fingerprint density at radius 1 is 1.18 bits per heavy atom. The number of benzene rings is 1. The van der Waals surface area contributed by atoms with Crippen LogP contribution in [0, 0.1) is 0 Å². The maximum atomic E-state index is 13.0. The standard InChI is InChI=1S/C22H34N4O2/c1-4-6-14-22(13-5-2)20(28)26(21(23)25-22)16-10-15-24-19(27)17(3)18-11-8-7-9-12-18/h7-9,11-12,17H,4-6,10,13-16H2,1-3H3,(H2,23,25)(H,24,27). The first-order chi connectivity index (χ1) is 13.4. The molecule has 6 nitrogen and oxygen atoms in total. The van der Waals surface area contributed by atoms with Crippen molar-refractivity contribution in [3.63, 3.8) is 0 Å². The van der Waals surface area contributed by atoms with Gasteiger partial charge < -0.3 is 11.1 Å². The van der Waals surface area contributed by atoms with Crippen LogP contribution in [0.4, 0.5) is 0 Å². The molecule has 0 radical (unpaired) electrons. The number of guanidine groups is 1. The second-order valence-electron chi connectivity index (χ2n) is 7.59. The molecule has 1 aromatic carbocycles. The van der Waals surface area contributed by atoms with Crippen molar-refractivity contribution in [2.45, 2.75) is 70.8 Å². The Morgan fingerprint density at radius 2 is 1.89 bits per heavy atom. The van der Waals surface area contributed by atoms with E-state index in [1.165, 1.54) is 0 Å². The fourth-order valence-electron chi connectivity index (χ4n) is 3.73. The van der Waals surface area contributed by atoms with Crippen LogP contribution in [0.5, 0.6) is 0 Å². The summed E-state index contributed by atoms with van der Waals surface area (Å²) in [6, 6.07) is 9.71. The molecule has 0 spiro atoms. The van der Waals surface area contributed by atoms with Crippen LogP contribution in [-0.2, 0) is 9.59 Å². The van der Waals surface area contributed by atoms with Crippen molar-refractivity contribution in [1.82, 2.24) is 10.2 Å². The van der Waals surface area contributed by atoms with Gasteiger partial charge in [-0.25, -0.2) is 4.99 Å². The van der Waals surface area contributed by atoms with Crippen molar-refractivity contribution in [1.29, 1.82) is 0 Å². The number of aliphatic imine (C=N–C) groups is 1. The minimum Gasteiger partial charge on any atom is -0.369 e. The van der Waals surface area contributed by atoms with Gasteiger partial charge in [0, 0.05) is 13.1 Å². The summed E-state index contributed by atoms with van der Waals surface area (Å²) in [5.74, 6) is 0.124. The number of unbranched alkanes of at least 4 members (excludes halogenated alkanes) is 1. The maximum absolute atomic E-state index is 13.0. The molecule has 1 aromatic rings. The van der Waals surface area contributed by atoms with Gasteiger partial charge in [0.2, 0.25) is 5.91 Å². The zero-order chi connectivity index (χ0) is 20.6. The first-order valence-corrected chi connectivity index (χ1v) is 10.4. The number of carbonyl (C=O) groups is 2. The van der Waals surface area contributed by atoms with Crippen LogP contribution in [0.25, 0.3) is 0 Å². The predicted molar refractivity (Wildman–Crippen MR) is 113 cm³/mol. The molecule has 28 heavy (non-hydrogen) atoms. The van der Waals surface area contributed by atoms with E-state index in [2.05, 4.69) is 24.2 Å². The highest BCUT2D eigenvalue weighted by Crippen LogP contribution is 2.32. The molecule has 1 heterocycles. The van der Waals surface area contributed by atoms with E-state index in [4.69, 9.17) is 5.73 Å². The number of nitrogens with zero attached hydrogens (tertiary/aromatic N) is 2. The maximum Gasteiger partial charge on any atom is 0.257 e. The molecule has 6 heteroatoms. The lowest BCUT2D eigenvalue weighted by atomic mass is 9.88.